The van der Waals surface area contributed by atoms with Gasteiger partial charge in [0.2, 0.25) is 5.91 Å². The molecule has 0 aliphatic rings. The highest BCUT2D eigenvalue weighted by Gasteiger charge is 2.13. The second kappa shape index (κ2) is 9.07. The number of hydrogen-bond acceptors (Lipinski definition) is 3. The molecule has 0 aliphatic heterocycles. The van der Waals surface area contributed by atoms with Gasteiger partial charge in [-0.2, -0.15) is 0 Å². The Morgan fingerprint density at radius 3 is 2.50 bits per heavy atom. The van der Waals surface area contributed by atoms with Crippen molar-refractivity contribution in [2.75, 3.05) is 26.7 Å². The van der Waals surface area contributed by atoms with Crippen LogP contribution in [0, 0.1) is 5.92 Å². The molecule has 1 N–H and O–H groups in total. The van der Waals surface area contributed by atoms with E-state index in [0.717, 1.165) is 13.0 Å². The van der Waals surface area contributed by atoms with E-state index in [2.05, 4.69) is 19.2 Å². The van der Waals surface area contributed by atoms with Crippen molar-refractivity contribution in [3.63, 3.8) is 0 Å². The first-order chi connectivity index (χ1) is 10.5. The van der Waals surface area contributed by atoms with Gasteiger partial charge in [-0.1, -0.05) is 26.0 Å². The number of benzene rings is 1. The molecule has 0 saturated carbocycles. The molecular weight excluding hydrogens is 280 g/mol. The van der Waals surface area contributed by atoms with Crippen LogP contribution >= 0.6 is 0 Å². The van der Waals surface area contributed by atoms with Crippen molar-refractivity contribution in [1.82, 2.24) is 10.2 Å². The standard InChI is InChI=1S/C17H26N2O3/c1-13(2)9-11-19(14(3)20)12-10-18-17(21)15-7-5-6-8-16(15)22-4/h5-8,13H,9-12H2,1-4H3,(H,18,21). The summed E-state index contributed by atoms with van der Waals surface area (Å²) in [6, 6.07) is 7.08. The van der Waals surface area contributed by atoms with Crippen molar-refractivity contribution in [2.24, 2.45) is 5.92 Å². The van der Waals surface area contributed by atoms with Crippen LogP contribution in [0.4, 0.5) is 0 Å². The highest BCUT2D eigenvalue weighted by molar-refractivity contribution is 5.96. The van der Waals surface area contributed by atoms with Gasteiger partial charge < -0.3 is 15.0 Å². The molecule has 5 nitrogen and oxygen atoms in total. The third-order valence-corrected chi connectivity index (χ3v) is 3.44. The molecule has 0 aliphatic carbocycles. The van der Waals surface area contributed by atoms with Crippen molar-refractivity contribution in [3.8, 4) is 5.75 Å². The second-order valence-electron chi connectivity index (χ2n) is 5.64. The van der Waals surface area contributed by atoms with Crippen LogP contribution in [0.5, 0.6) is 5.75 Å². The number of amides is 2. The maximum atomic E-state index is 12.1. The summed E-state index contributed by atoms with van der Waals surface area (Å²) in [4.78, 5) is 25.5. The average Bonchev–Trinajstić information content (AvgIpc) is 2.49. The Balaban J connectivity index is 2.50. The van der Waals surface area contributed by atoms with Crippen LogP contribution in [0.15, 0.2) is 24.3 Å². The molecule has 0 aromatic heterocycles. The molecule has 0 heterocycles. The van der Waals surface area contributed by atoms with Crippen molar-refractivity contribution in [1.29, 1.82) is 0 Å². The van der Waals surface area contributed by atoms with Crippen molar-refractivity contribution < 1.29 is 14.3 Å². The summed E-state index contributed by atoms with van der Waals surface area (Å²) in [6.45, 7) is 7.47. The molecule has 1 aromatic carbocycles. The zero-order valence-electron chi connectivity index (χ0n) is 13.9. The van der Waals surface area contributed by atoms with Gasteiger partial charge >= 0.3 is 0 Å². The number of ether oxygens (including phenoxy) is 1. The van der Waals surface area contributed by atoms with E-state index in [4.69, 9.17) is 4.74 Å². The molecule has 0 atom stereocenters. The number of nitrogens with zero attached hydrogens (tertiary/aromatic N) is 1. The Labute approximate surface area is 132 Å². The number of hydrogen-bond donors (Lipinski definition) is 1. The van der Waals surface area contributed by atoms with Crippen molar-refractivity contribution in [2.45, 2.75) is 27.2 Å². The molecule has 1 rings (SSSR count). The Kier molecular flexibility index (Phi) is 7.43. The summed E-state index contributed by atoms with van der Waals surface area (Å²) in [5.41, 5.74) is 0.501. The van der Waals surface area contributed by atoms with E-state index in [1.165, 1.54) is 7.11 Å². The lowest BCUT2D eigenvalue weighted by atomic mass is 10.1. The van der Waals surface area contributed by atoms with Gasteiger partial charge in [-0.25, -0.2) is 0 Å². The first-order valence-electron chi connectivity index (χ1n) is 7.62. The monoisotopic (exact) mass is 306 g/mol. The predicted octanol–water partition coefficient (Wildman–Crippen LogP) is 2.32. The number of rotatable bonds is 8. The molecule has 0 unspecified atom stereocenters. The quantitative estimate of drug-likeness (QED) is 0.802. The van der Waals surface area contributed by atoms with E-state index < -0.39 is 0 Å². The van der Waals surface area contributed by atoms with Crippen molar-refractivity contribution in [3.05, 3.63) is 29.8 Å². The minimum absolute atomic E-state index is 0.0344. The molecule has 0 radical (unpaired) electrons. The Morgan fingerprint density at radius 1 is 1.23 bits per heavy atom. The zero-order chi connectivity index (χ0) is 16.5. The Bertz CT molecular complexity index is 500. The Hall–Kier alpha value is -2.04. The van der Waals surface area contributed by atoms with E-state index in [9.17, 15) is 9.59 Å². The molecule has 5 heteroatoms. The number of methoxy groups -OCH3 is 1. The average molecular weight is 306 g/mol. The van der Waals surface area contributed by atoms with Crippen LogP contribution in [0.25, 0.3) is 0 Å². The molecule has 22 heavy (non-hydrogen) atoms. The Morgan fingerprint density at radius 2 is 1.91 bits per heavy atom. The highest BCUT2D eigenvalue weighted by atomic mass is 16.5. The number of para-hydroxylation sites is 1. The predicted molar refractivity (Wildman–Crippen MR) is 87.0 cm³/mol. The molecule has 0 spiro atoms. The summed E-state index contributed by atoms with van der Waals surface area (Å²) in [7, 11) is 1.54. The van der Waals surface area contributed by atoms with Gasteiger partial charge in [0.15, 0.2) is 0 Å². The van der Waals surface area contributed by atoms with Gasteiger partial charge in [-0.3, -0.25) is 9.59 Å². The van der Waals surface area contributed by atoms with E-state index in [-0.39, 0.29) is 11.8 Å². The lowest BCUT2D eigenvalue weighted by Gasteiger charge is -2.22. The van der Waals surface area contributed by atoms with Crippen LogP contribution in [-0.4, -0.2) is 43.5 Å². The largest absolute Gasteiger partial charge is 0.496 e. The smallest absolute Gasteiger partial charge is 0.255 e. The van der Waals surface area contributed by atoms with Gasteiger partial charge in [0.25, 0.3) is 5.91 Å². The van der Waals surface area contributed by atoms with Gasteiger partial charge in [0, 0.05) is 26.6 Å². The second-order valence-corrected chi connectivity index (χ2v) is 5.64. The first kappa shape index (κ1) is 18.0. The minimum Gasteiger partial charge on any atom is -0.496 e. The summed E-state index contributed by atoms with van der Waals surface area (Å²) in [6.07, 6.45) is 0.958. The maximum absolute atomic E-state index is 12.1. The summed E-state index contributed by atoms with van der Waals surface area (Å²) < 4.78 is 5.17. The van der Waals surface area contributed by atoms with Crippen molar-refractivity contribution >= 4 is 11.8 Å². The summed E-state index contributed by atoms with van der Waals surface area (Å²) in [5.74, 6) is 0.935. The topological polar surface area (TPSA) is 58.6 Å². The molecule has 122 valence electrons. The van der Waals surface area contributed by atoms with Gasteiger partial charge in [0.05, 0.1) is 12.7 Å². The zero-order valence-corrected chi connectivity index (χ0v) is 13.9. The third-order valence-electron chi connectivity index (χ3n) is 3.44. The molecule has 1 aromatic rings. The van der Waals surface area contributed by atoms with Gasteiger partial charge in [-0.15, -0.1) is 0 Å². The molecule has 0 bridgehead atoms. The van der Waals surface area contributed by atoms with Gasteiger partial charge in [-0.05, 0) is 24.5 Å². The van der Waals surface area contributed by atoms with Crippen LogP contribution in [0.3, 0.4) is 0 Å². The number of nitrogens with one attached hydrogen (secondary N) is 1. The van der Waals surface area contributed by atoms with E-state index in [1.54, 1.807) is 30.0 Å². The third kappa shape index (κ3) is 5.76. The fourth-order valence-corrected chi connectivity index (χ4v) is 2.07. The molecule has 0 saturated heterocycles. The highest BCUT2D eigenvalue weighted by Crippen LogP contribution is 2.16. The lowest BCUT2D eigenvalue weighted by molar-refractivity contribution is -0.128. The number of carbonyl (C=O) groups excluding carboxylic acids is 2. The molecule has 0 fully saturated rings. The lowest BCUT2D eigenvalue weighted by Crippen LogP contribution is -2.38. The molecule has 2 amide bonds. The normalized spacial score (nSPS) is 10.4. The van der Waals surface area contributed by atoms with Crippen LogP contribution < -0.4 is 10.1 Å². The minimum atomic E-state index is -0.190. The first-order valence-corrected chi connectivity index (χ1v) is 7.62. The maximum Gasteiger partial charge on any atom is 0.255 e. The SMILES string of the molecule is COc1ccccc1C(=O)NCCN(CCC(C)C)C(C)=O. The molecular formula is C17H26N2O3. The van der Waals surface area contributed by atoms with Crippen LogP contribution in [-0.2, 0) is 4.79 Å². The summed E-state index contributed by atoms with van der Waals surface area (Å²) >= 11 is 0. The van der Waals surface area contributed by atoms with E-state index in [1.807, 2.05) is 6.07 Å². The van der Waals surface area contributed by atoms with E-state index >= 15 is 0 Å². The van der Waals surface area contributed by atoms with Crippen LogP contribution in [0.2, 0.25) is 0 Å². The van der Waals surface area contributed by atoms with Crippen LogP contribution in [0.1, 0.15) is 37.6 Å². The number of carbonyl (C=O) groups is 2. The fraction of sp³-hybridized carbons (Fsp3) is 0.529. The van der Waals surface area contributed by atoms with Gasteiger partial charge in [0.1, 0.15) is 5.75 Å². The van der Waals surface area contributed by atoms with E-state index in [0.29, 0.717) is 30.3 Å². The fourth-order valence-electron chi connectivity index (χ4n) is 2.07. The summed E-state index contributed by atoms with van der Waals surface area (Å²) in [5, 5.41) is 2.83.